The molecule has 30 heavy (non-hydrogen) atoms. The molecule has 1 saturated heterocycles. The number of aryl methyl sites for hydroxylation is 2. The molecule has 2 aromatic carbocycles. The first kappa shape index (κ1) is 22.2. The van der Waals surface area contributed by atoms with Gasteiger partial charge in [-0.3, -0.25) is 9.59 Å². The molecule has 1 heterocycles. The highest BCUT2D eigenvalue weighted by molar-refractivity contribution is 7.89. The van der Waals surface area contributed by atoms with Gasteiger partial charge in [0.2, 0.25) is 10.0 Å². The summed E-state index contributed by atoms with van der Waals surface area (Å²) in [5.41, 5.74) is 3.04. The number of Topliss-reactive ketones (excluding diaryl/α,β-unsaturated/α-hetero) is 1. The third kappa shape index (κ3) is 4.32. The highest BCUT2D eigenvalue weighted by Crippen LogP contribution is 2.22. The maximum Gasteiger partial charge on any atom is 0.254 e. The Bertz CT molecular complexity index is 1060. The molecule has 0 radical (unpaired) electrons. The van der Waals surface area contributed by atoms with Crippen molar-refractivity contribution in [2.45, 2.75) is 44.6 Å². The maximum absolute atomic E-state index is 12.9. The number of ketones is 1. The minimum atomic E-state index is -3.52. The van der Waals surface area contributed by atoms with Gasteiger partial charge in [-0.15, -0.1) is 0 Å². The summed E-state index contributed by atoms with van der Waals surface area (Å²) in [6, 6.07) is 10.8. The number of nitrogens with zero attached hydrogens (tertiary/aromatic N) is 2. The maximum atomic E-state index is 12.9. The first-order valence-corrected chi connectivity index (χ1v) is 11.6. The minimum Gasteiger partial charge on any atom is -0.332 e. The average molecular weight is 429 g/mol. The molecule has 7 heteroatoms. The topological polar surface area (TPSA) is 74.8 Å². The van der Waals surface area contributed by atoms with Crippen LogP contribution in [0, 0.1) is 13.8 Å². The Morgan fingerprint density at radius 3 is 2.07 bits per heavy atom. The van der Waals surface area contributed by atoms with Gasteiger partial charge in [-0.25, -0.2) is 8.42 Å². The Balaban J connectivity index is 1.75. The van der Waals surface area contributed by atoms with Crippen LogP contribution in [-0.4, -0.2) is 55.5 Å². The quantitative estimate of drug-likeness (QED) is 0.661. The van der Waals surface area contributed by atoms with Crippen molar-refractivity contribution in [1.82, 2.24) is 9.21 Å². The summed E-state index contributed by atoms with van der Waals surface area (Å²) in [7, 11) is -1.94. The molecule has 0 aliphatic carbocycles. The fourth-order valence-electron chi connectivity index (χ4n) is 3.54. The van der Waals surface area contributed by atoms with Gasteiger partial charge < -0.3 is 4.90 Å². The zero-order valence-corrected chi connectivity index (χ0v) is 18.7. The van der Waals surface area contributed by atoms with Crippen LogP contribution in [0.3, 0.4) is 0 Å². The van der Waals surface area contributed by atoms with Crippen molar-refractivity contribution in [3.05, 3.63) is 64.7 Å². The molecule has 0 aromatic heterocycles. The molecule has 6 nitrogen and oxygen atoms in total. The summed E-state index contributed by atoms with van der Waals surface area (Å²) in [6.07, 6.45) is 1.74. The van der Waals surface area contributed by atoms with Crippen LogP contribution in [0.15, 0.2) is 47.4 Å². The van der Waals surface area contributed by atoms with E-state index in [-0.39, 0.29) is 16.6 Å². The van der Waals surface area contributed by atoms with E-state index >= 15 is 0 Å². The molecule has 1 aliphatic heterocycles. The van der Waals surface area contributed by atoms with Gasteiger partial charge in [-0.1, -0.05) is 12.1 Å². The van der Waals surface area contributed by atoms with Crippen LogP contribution in [0.5, 0.6) is 0 Å². The molecule has 0 N–H and O–H groups in total. The van der Waals surface area contributed by atoms with Crippen molar-refractivity contribution in [3.63, 3.8) is 0 Å². The van der Waals surface area contributed by atoms with Crippen LogP contribution in [0.25, 0.3) is 0 Å². The summed E-state index contributed by atoms with van der Waals surface area (Å²) in [5.74, 6) is -0.466. The molecule has 2 aromatic rings. The third-order valence-corrected chi connectivity index (χ3v) is 7.79. The lowest BCUT2D eigenvalue weighted by Crippen LogP contribution is -2.40. The number of likely N-dealkylation sites (N-methyl/N-ethyl adjacent to an activating group) is 1. The second kappa shape index (κ2) is 8.70. The number of carbonyl (C=O) groups is 2. The van der Waals surface area contributed by atoms with Crippen molar-refractivity contribution < 1.29 is 18.0 Å². The van der Waals surface area contributed by atoms with Crippen LogP contribution < -0.4 is 0 Å². The van der Waals surface area contributed by atoms with Crippen LogP contribution in [0.1, 0.15) is 51.6 Å². The van der Waals surface area contributed by atoms with Crippen molar-refractivity contribution in [2.75, 3.05) is 20.1 Å². The normalized spacial score (nSPS) is 15.7. The van der Waals surface area contributed by atoms with Crippen LogP contribution in [0.2, 0.25) is 0 Å². The highest BCUT2D eigenvalue weighted by Gasteiger charge is 2.28. The molecule has 1 aliphatic rings. The molecule has 160 valence electrons. The van der Waals surface area contributed by atoms with E-state index in [0.717, 1.165) is 24.0 Å². The monoisotopic (exact) mass is 428 g/mol. The van der Waals surface area contributed by atoms with Crippen molar-refractivity contribution >= 4 is 21.7 Å². The lowest BCUT2D eigenvalue weighted by molar-refractivity contribution is 0.0675. The van der Waals surface area contributed by atoms with E-state index < -0.39 is 16.1 Å². The molecule has 0 saturated carbocycles. The summed E-state index contributed by atoms with van der Waals surface area (Å²) < 4.78 is 26.8. The number of carbonyl (C=O) groups excluding carboxylic acids is 2. The Morgan fingerprint density at radius 1 is 0.933 bits per heavy atom. The lowest BCUT2D eigenvalue weighted by Gasteiger charge is -2.24. The molecule has 0 bridgehead atoms. The Kier molecular flexibility index (Phi) is 6.43. The molecule has 0 spiro atoms. The number of amides is 1. The largest absolute Gasteiger partial charge is 0.332 e. The van der Waals surface area contributed by atoms with E-state index in [1.54, 1.807) is 20.0 Å². The van der Waals surface area contributed by atoms with E-state index in [0.29, 0.717) is 24.2 Å². The second-order valence-electron chi connectivity index (χ2n) is 7.89. The number of sulfonamides is 1. The first-order valence-electron chi connectivity index (χ1n) is 10.1. The van der Waals surface area contributed by atoms with Crippen molar-refractivity contribution in [1.29, 1.82) is 0 Å². The van der Waals surface area contributed by atoms with Crippen LogP contribution in [0.4, 0.5) is 0 Å². The SMILES string of the molecule is Cc1ccc(C(=O)C(C)N(C)C(=O)c2ccc(S(=O)(=O)N3CCCC3)cc2)cc1C. The number of rotatable bonds is 6. The van der Waals surface area contributed by atoms with Crippen LogP contribution >= 0.6 is 0 Å². The van der Waals surface area contributed by atoms with E-state index in [4.69, 9.17) is 0 Å². The summed E-state index contributed by atoms with van der Waals surface area (Å²) >= 11 is 0. The summed E-state index contributed by atoms with van der Waals surface area (Å²) in [6.45, 7) is 6.69. The van der Waals surface area contributed by atoms with Gasteiger partial charge in [0.1, 0.15) is 0 Å². The Labute approximate surface area is 178 Å². The van der Waals surface area contributed by atoms with Gasteiger partial charge >= 0.3 is 0 Å². The molecule has 3 rings (SSSR count). The standard InChI is InChI=1S/C23H28N2O4S/c1-16-7-8-20(15-17(16)2)22(26)18(3)24(4)23(27)19-9-11-21(12-10-19)30(28,29)25-13-5-6-14-25/h7-12,15,18H,5-6,13-14H2,1-4H3. The predicted octanol–water partition coefficient (Wildman–Crippen LogP) is 3.43. The molecule has 1 atom stereocenters. The smallest absolute Gasteiger partial charge is 0.254 e. The first-order chi connectivity index (χ1) is 14.1. The summed E-state index contributed by atoms with van der Waals surface area (Å²) in [4.78, 5) is 27.3. The highest BCUT2D eigenvalue weighted by atomic mass is 32.2. The Morgan fingerprint density at radius 2 is 1.50 bits per heavy atom. The zero-order chi connectivity index (χ0) is 22.1. The van der Waals surface area contributed by atoms with Crippen LogP contribution in [-0.2, 0) is 10.0 Å². The predicted molar refractivity (Wildman–Crippen MR) is 116 cm³/mol. The van der Waals surface area contributed by atoms with Gasteiger partial charge in [0, 0.05) is 31.3 Å². The van der Waals surface area contributed by atoms with Crippen molar-refractivity contribution in [3.8, 4) is 0 Å². The molecule has 1 unspecified atom stereocenters. The average Bonchev–Trinajstić information content (AvgIpc) is 3.29. The number of hydrogen-bond donors (Lipinski definition) is 0. The van der Waals surface area contributed by atoms with Gasteiger partial charge in [0.25, 0.3) is 5.91 Å². The third-order valence-electron chi connectivity index (χ3n) is 5.88. The Hall–Kier alpha value is -2.51. The molecule has 1 amide bonds. The number of benzene rings is 2. The fraction of sp³-hybridized carbons (Fsp3) is 0.391. The zero-order valence-electron chi connectivity index (χ0n) is 17.9. The van der Waals surface area contributed by atoms with Gasteiger partial charge in [-0.2, -0.15) is 4.31 Å². The lowest BCUT2D eigenvalue weighted by atomic mass is 9.99. The van der Waals surface area contributed by atoms with E-state index in [2.05, 4.69) is 0 Å². The van der Waals surface area contributed by atoms with Gasteiger partial charge in [-0.05, 0) is 75.1 Å². The number of hydrogen-bond acceptors (Lipinski definition) is 4. The fourth-order valence-corrected chi connectivity index (χ4v) is 5.06. The van der Waals surface area contributed by atoms with Crippen molar-refractivity contribution in [2.24, 2.45) is 0 Å². The second-order valence-corrected chi connectivity index (χ2v) is 9.83. The van der Waals surface area contributed by atoms with E-state index in [1.165, 1.54) is 33.5 Å². The minimum absolute atomic E-state index is 0.137. The molecular formula is C23H28N2O4S. The van der Waals surface area contributed by atoms with E-state index in [9.17, 15) is 18.0 Å². The molecular weight excluding hydrogens is 400 g/mol. The van der Waals surface area contributed by atoms with E-state index in [1.807, 2.05) is 26.0 Å². The molecule has 1 fully saturated rings. The summed E-state index contributed by atoms with van der Waals surface area (Å²) in [5, 5.41) is 0. The van der Waals surface area contributed by atoms with Gasteiger partial charge in [0.15, 0.2) is 5.78 Å². The van der Waals surface area contributed by atoms with Gasteiger partial charge in [0.05, 0.1) is 10.9 Å².